The van der Waals surface area contributed by atoms with E-state index in [2.05, 4.69) is 12.6 Å². The lowest BCUT2D eigenvalue weighted by Crippen LogP contribution is -2.64. The molecule has 0 spiro atoms. The molecule has 0 saturated carbocycles. The summed E-state index contributed by atoms with van der Waals surface area (Å²) in [5.74, 6) is 0.0671. The van der Waals surface area contributed by atoms with E-state index in [1.54, 1.807) is 0 Å². The van der Waals surface area contributed by atoms with Crippen molar-refractivity contribution in [3.8, 4) is 0 Å². The number of hydrogen-bond donors (Lipinski definition) is 7. The zero-order valence-corrected chi connectivity index (χ0v) is 13.4. The van der Waals surface area contributed by atoms with Gasteiger partial charge in [-0.2, -0.15) is 12.6 Å². The van der Waals surface area contributed by atoms with E-state index in [4.69, 9.17) is 14.2 Å². The lowest BCUT2D eigenvalue weighted by Gasteiger charge is -2.45. The van der Waals surface area contributed by atoms with Gasteiger partial charge >= 0.3 is 0 Å². The van der Waals surface area contributed by atoms with Gasteiger partial charge in [0.05, 0.1) is 18.8 Å². The SMILES string of the molecule is CC1OC(CO)C(OC2OC(CS)C(O)C(O)C2O)C(O)C1O. The lowest BCUT2D eigenvalue weighted by atomic mass is 9.95. The molecule has 10 atom stereocenters. The Kier molecular flexibility index (Phi) is 6.65. The summed E-state index contributed by atoms with van der Waals surface area (Å²) >= 11 is 3.99. The Hall–Kier alpha value is -0.0100. The van der Waals surface area contributed by atoms with Gasteiger partial charge in [0.1, 0.15) is 42.7 Å². The van der Waals surface area contributed by atoms with Crippen molar-refractivity contribution < 1.29 is 44.8 Å². The summed E-state index contributed by atoms with van der Waals surface area (Å²) in [6.07, 6.45) is -12.2. The third-order valence-corrected chi connectivity index (χ3v) is 4.60. The summed E-state index contributed by atoms with van der Waals surface area (Å²) in [6.45, 7) is 1.05. The number of ether oxygens (including phenoxy) is 3. The molecule has 2 aliphatic rings. The Bertz CT molecular complexity index is 382. The highest BCUT2D eigenvalue weighted by Gasteiger charge is 2.49. The van der Waals surface area contributed by atoms with Crippen LogP contribution in [-0.2, 0) is 14.2 Å². The zero-order valence-electron chi connectivity index (χ0n) is 12.5. The smallest absolute Gasteiger partial charge is 0.187 e. The first kappa shape index (κ1) is 19.3. The molecule has 136 valence electrons. The molecule has 0 amide bonds. The van der Waals surface area contributed by atoms with Crippen molar-refractivity contribution in [3.05, 3.63) is 0 Å². The van der Waals surface area contributed by atoms with Crippen molar-refractivity contribution in [2.75, 3.05) is 12.4 Å². The molecular weight excluding hydrogens is 332 g/mol. The monoisotopic (exact) mass is 356 g/mol. The first-order chi connectivity index (χ1) is 10.8. The van der Waals surface area contributed by atoms with Crippen molar-refractivity contribution in [2.45, 2.75) is 68.1 Å². The van der Waals surface area contributed by atoms with Gasteiger partial charge in [-0.15, -0.1) is 0 Å². The highest BCUT2D eigenvalue weighted by atomic mass is 32.1. The van der Waals surface area contributed by atoms with Gasteiger partial charge in [0.2, 0.25) is 0 Å². The topological polar surface area (TPSA) is 149 Å². The fourth-order valence-electron chi connectivity index (χ4n) is 2.78. The highest BCUT2D eigenvalue weighted by molar-refractivity contribution is 7.80. The number of hydrogen-bond acceptors (Lipinski definition) is 10. The molecule has 2 rings (SSSR count). The maximum absolute atomic E-state index is 10.1. The van der Waals surface area contributed by atoms with Crippen LogP contribution in [0.1, 0.15) is 6.92 Å². The Labute approximate surface area is 138 Å². The van der Waals surface area contributed by atoms with E-state index in [0.29, 0.717) is 0 Å². The molecule has 10 unspecified atom stereocenters. The molecule has 2 fully saturated rings. The minimum atomic E-state index is -1.58. The van der Waals surface area contributed by atoms with Crippen molar-refractivity contribution in [3.63, 3.8) is 0 Å². The molecule has 0 aromatic heterocycles. The normalized spacial score (nSPS) is 51.7. The van der Waals surface area contributed by atoms with Crippen molar-refractivity contribution >= 4 is 12.6 Å². The Morgan fingerprint density at radius 3 is 2.09 bits per heavy atom. The van der Waals surface area contributed by atoms with Gasteiger partial charge < -0.3 is 44.8 Å². The van der Waals surface area contributed by atoms with Gasteiger partial charge in [-0.25, -0.2) is 0 Å². The van der Waals surface area contributed by atoms with E-state index in [9.17, 15) is 30.6 Å². The number of aliphatic hydroxyl groups excluding tert-OH is 6. The van der Waals surface area contributed by atoms with Crippen molar-refractivity contribution in [2.24, 2.45) is 0 Å². The summed E-state index contributed by atoms with van der Waals surface area (Å²) in [7, 11) is 0. The van der Waals surface area contributed by atoms with Crippen LogP contribution in [0.5, 0.6) is 0 Å². The zero-order chi connectivity index (χ0) is 17.3. The quantitative estimate of drug-likeness (QED) is 0.256. The maximum Gasteiger partial charge on any atom is 0.187 e. The average molecular weight is 356 g/mol. The second-order valence-electron chi connectivity index (χ2n) is 5.84. The number of thiol groups is 1. The van der Waals surface area contributed by atoms with Crippen LogP contribution in [-0.4, -0.2) is 104 Å². The first-order valence-corrected chi connectivity index (χ1v) is 8.03. The van der Waals surface area contributed by atoms with Crippen molar-refractivity contribution in [1.29, 1.82) is 0 Å². The largest absolute Gasteiger partial charge is 0.394 e. The van der Waals surface area contributed by atoms with Crippen LogP contribution < -0.4 is 0 Å². The third-order valence-electron chi connectivity index (χ3n) is 4.24. The van der Waals surface area contributed by atoms with E-state index < -0.39 is 67.8 Å². The fraction of sp³-hybridized carbons (Fsp3) is 1.00. The second kappa shape index (κ2) is 7.91. The van der Waals surface area contributed by atoms with Crippen LogP contribution in [0.4, 0.5) is 0 Å². The van der Waals surface area contributed by atoms with Gasteiger partial charge in [0.15, 0.2) is 6.29 Å². The van der Waals surface area contributed by atoms with Crippen LogP contribution in [0.2, 0.25) is 0 Å². The van der Waals surface area contributed by atoms with Crippen LogP contribution in [0.15, 0.2) is 0 Å². The van der Waals surface area contributed by atoms with Gasteiger partial charge in [0, 0.05) is 5.75 Å². The van der Waals surface area contributed by atoms with Gasteiger partial charge in [-0.05, 0) is 6.92 Å². The number of rotatable bonds is 4. The Balaban J connectivity index is 2.11. The maximum atomic E-state index is 10.1. The van der Waals surface area contributed by atoms with Crippen LogP contribution in [0.25, 0.3) is 0 Å². The van der Waals surface area contributed by atoms with Crippen molar-refractivity contribution in [1.82, 2.24) is 0 Å². The summed E-state index contributed by atoms with van der Waals surface area (Å²) in [4.78, 5) is 0. The molecule has 2 heterocycles. The lowest BCUT2D eigenvalue weighted by molar-refractivity contribution is -0.336. The summed E-state index contributed by atoms with van der Waals surface area (Å²) in [6, 6.07) is 0. The summed E-state index contributed by atoms with van der Waals surface area (Å²) in [5, 5.41) is 59.0. The van der Waals surface area contributed by atoms with Gasteiger partial charge in [-0.3, -0.25) is 0 Å². The molecule has 23 heavy (non-hydrogen) atoms. The molecule has 0 radical (unpaired) electrons. The van der Waals surface area contributed by atoms with Crippen LogP contribution in [0.3, 0.4) is 0 Å². The average Bonchev–Trinajstić information content (AvgIpc) is 2.55. The van der Waals surface area contributed by atoms with Gasteiger partial charge in [-0.1, -0.05) is 0 Å². The molecule has 6 N–H and O–H groups in total. The predicted molar refractivity (Wildman–Crippen MR) is 78.8 cm³/mol. The van der Waals surface area contributed by atoms with Crippen LogP contribution >= 0.6 is 12.6 Å². The highest BCUT2D eigenvalue weighted by Crippen LogP contribution is 2.29. The molecule has 0 aromatic rings. The molecule has 9 nitrogen and oxygen atoms in total. The second-order valence-corrected chi connectivity index (χ2v) is 6.21. The van der Waals surface area contributed by atoms with Gasteiger partial charge in [0.25, 0.3) is 0 Å². The Morgan fingerprint density at radius 2 is 1.52 bits per heavy atom. The molecule has 0 aliphatic carbocycles. The molecule has 0 aromatic carbocycles. The first-order valence-electron chi connectivity index (χ1n) is 7.40. The third kappa shape index (κ3) is 3.82. The standard InChI is InChI=1S/C13H24O9S/c1-4-7(15)10(18)12(5(2-14)20-4)22-13-11(19)9(17)8(16)6(3-23)21-13/h4-19,23H,2-3H2,1H3. The van der Waals surface area contributed by atoms with E-state index in [1.807, 2.05) is 0 Å². The molecule has 2 aliphatic heterocycles. The Morgan fingerprint density at radius 1 is 0.870 bits per heavy atom. The molecule has 0 bridgehead atoms. The van der Waals surface area contributed by atoms with E-state index >= 15 is 0 Å². The van der Waals surface area contributed by atoms with E-state index in [-0.39, 0.29) is 5.75 Å². The summed E-state index contributed by atoms with van der Waals surface area (Å²) < 4.78 is 16.2. The minimum Gasteiger partial charge on any atom is -0.394 e. The van der Waals surface area contributed by atoms with E-state index in [1.165, 1.54) is 6.92 Å². The minimum absolute atomic E-state index is 0.0671. The summed E-state index contributed by atoms with van der Waals surface area (Å²) in [5.41, 5.74) is 0. The number of aliphatic hydroxyl groups is 6. The van der Waals surface area contributed by atoms with E-state index in [0.717, 1.165) is 0 Å². The molecular formula is C13H24O9S. The fourth-order valence-corrected chi connectivity index (χ4v) is 3.08. The molecule has 2 saturated heterocycles. The van der Waals surface area contributed by atoms with Crippen LogP contribution in [0, 0.1) is 0 Å². The predicted octanol–water partition coefficient (Wildman–Crippen LogP) is -3.39. The molecule has 10 heteroatoms.